The largest absolute Gasteiger partial charge is 0.345 e. The number of carbonyl (C=O) groups excluding carboxylic acids is 1. The number of halogens is 4. The molecule has 2 atom stereocenters. The van der Waals surface area contributed by atoms with E-state index in [2.05, 4.69) is 5.32 Å². The molecule has 2 rings (SSSR count). The summed E-state index contributed by atoms with van der Waals surface area (Å²) in [6, 6.07) is -0.399. The van der Waals surface area contributed by atoms with Gasteiger partial charge in [0.05, 0.1) is 6.04 Å². The summed E-state index contributed by atoms with van der Waals surface area (Å²) in [5.74, 6) is -7.54. The van der Waals surface area contributed by atoms with Crippen LogP contribution in [0.1, 0.15) is 36.2 Å². The third-order valence-electron chi connectivity index (χ3n) is 3.87. The van der Waals surface area contributed by atoms with Gasteiger partial charge < -0.3 is 5.32 Å². The molecule has 1 amide bonds. The minimum atomic E-state index is -1.67. The molecule has 0 saturated carbocycles. The van der Waals surface area contributed by atoms with E-state index in [1.807, 2.05) is 13.0 Å². The summed E-state index contributed by atoms with van der Waals surface area (Å²) < 4.78 is 54.5. The van der Waals surface area contributed by atoms with Crippen molar-refractivity contribution in [3.8, 4) is 0 Å². The van der Waals surface area contributed by atoms with E-state index in [-0.39, 0.29) is 5.92 Å². The SMILES string of the molecule is CC1=CCC(C)[C@@H]1NC(=O)c1c(F)c(F)c(C)c(F)c1F. The van der Waals surface area contributed by atoms with Crippen molar-refractivity contribution >= 4 is 5.91 Å². The molecular formula is C15H15F4NO. The number of carbonyl (C=O) groups is 1. The van der Waals surface area contributed by atoms with E-state index in [1.165, 1.54) is 0 Å². The van der Waals surface area contributed by atoms with Gasteiger partial charge >= 0.3 is 0 Å². The third kappa shape index (κ3) is 2.54. The van der Waals surface area contributed by atoms with Crippen LogP contribution >= 0.6 is 0 Å². The zero-order chi connectivity index (χ0) is 15.9. The Labute approximate surface area is 119 Å². The summed E-state index contributed by atoms with van der Waals surface area (Å²) in [4.78, 5) is 12.0. The molecule has 1 aromatic rings. The van der Waals surface area contributed by atoms with Crippen molar-refractivity contribution < 1.29 is 22.4 Å². The van der Waals surface area contributed by atoms with Crippen LogP contribution in [-0.4, -0.2) is 11.9 Å². The lowest BCUT2D eigenvalue weighted by atomic mass is 10.0. The maximum atomic E-state index is 13.8. The Morgan fingerprint density at radius 1 is 1.10 bits per heavy atom. The summed E-state index contributed by atoms with van der Waals surface area (Å²) in [5.41, 5.74) is -1.15. The standard InChI is InChI=1S/C15H15F4NO/c1-6-4-5-7(2)14(6)20-15(21)9-12(18)10(16)8(3)11(17)13(9)19/h4,7,14H,5H2,1-3H3,(H,20,21)/t7?,14-/m1/s1. The van der Waals surface area contributed by atoms with Crippen molar-refractivity contribution in [1.82, 2.24) is 5.32 Å². The molecule has 0 fully saturated rings. The Balaban J connectivity index is 2.39. The van der Waals surface area contributed by atoms with Crippen molar-refractivity contribution in [3.63, 3.8) is 0 Å². The van der Waals surface area contributed by atoms with E-state index < -0.39 is 46.3 Å². The van der Waals surface area contributed by atoms with E-state index in [9.17, 15) is 22.4 Å². The summed E-state index contributed by atoms with van der Waals surface area (Å²) in [7, 11) is 0. The van der Waals surface area contributed by atoms with Gasteiger partial charge in [0.1, 0.15) is 5.56 Å². The lowest BCUT2D eigenvalue weighted by molar-refractivity contribution is 0.0923. The average molecular weight is 301 g/mol. The van der Waals surface area contributed by atoms with Crippen LogP contribution in [0.25, 0.3) is 0 Å². The van der Waals surface area contributed by atoms with Gasteiger partial charge in [-0.3, -0.25) is 4.79 Å². The van der Waals surface area contributed by atoms with E-state index in [4.69, 9.17) is 0 Å². The molecule has 114 valence electrons. The van der Waals surface area contributed by atoms with Crippen LogP contribution in [0.5, 0.6) is 0 Å². The molecule has 1 aliphatic rings. The van der Waals surface area contributed by atoms with E-state index in [0.29, 0.717) is 0 Å². The quantitative estimate of drug-likeness (QED) is 0.504. The van der Waals surface area contributed by atoms with E-state index in [1.54, 1.807) is 6.92 Å². The molecular weight excluding hydrogens is 286 g/mol. The molecule has 0 radical (unpaired) electrons. The van der Waals surface area contributed by atoms with Crippen LogP contribution in [0.4, 0.5) is 17.6 Å². The second-order valence-electron chi connectivity index (χ2n) is 5.37. The first-order valence-corrected chi connectivity index (χ1v) is 6.55. The van der Waals surface area contributed by atoms with Gasteiger partial charge in [0.25, 0.3) is 5.91 Å². The minimum Gasteiger partial charge on any atom is -0.345 e. The zero-order valence-corrected chi connectivity index (χ0v) is 11.9. The molecule has 0 spiro atoms. The van der Waals surface area contributed by atoms with Crippen LogP contribution in [-0.2, 0) is 0 Å². The molecule has 6 heteroatoms. The molecule has 0 saturated heterocycles. The predicted molar refractivity (Wildman–Crippen MR) is 69.8 cm³/mol. The van der Waals surface area contributed by atoms with Gasteiger partial charge in [0.2, 0.25) is 0 Å². The Bertz CT molecular complexity index is 610. The first-order chi connectivity index (χ1) is 9.75. The Kier molecular flexibility index (Phi) is 4.07. The molecule has 0 aromatic heterocycles. The van der Waals surface area contributed by atoms with Crippen LogP contribution in [0.15, 0.2) is 11.6 Å². The molecule has 2 nitrogen and oxygen atoms in total. The number of allylic oxidation sites excluding steroid dienone is 1. The van der Waals surface area contributed by atoms with Crippen molar-refractivity contribution in [1.29, 1.82) is 0 Å². The van der Waals surface area contributed by atoms with Gasteiger partial charge in [-0.15, -0.1) is 0 Å². The third-order valence-corrected chi connectivity index (χ3v) is 3.87. The molecule has 1 N–H and O–H groups in total. The van der Waals surface area contributed by atoms with Crippen molar-refractivity contribution in [3.05, 3.63) is 46.0 Å². The number of benzene rings is 1. The van der Waals surface area contributed by atoms with Gasteiger partial charge in [-0.2, -0.15) is 0 Å². The number of hydrogen-bond donors (Lipinski definition) is 1. The second kappa shape index (κ2) is 5.50. The molecule has 1 aromatic carbocycles. The highest BCUT2D eigenvalue weighted by molar-refractivity contribution is 5.95. The molecule has 21 heavy (non-hydrogen) atoms. The maximum absolute atomic E-state index is 13.8. The molecule has 1 unspecified atom stereocenters. The summed E-state index contributed by atoms with van der Waals surface area (Å²) in [5, 5.41) is 2.43. The Morgan fingerprint density at radius 2 is 1.62 bits per heavy atom. The summed E-state index contributed by atoms with van der Waals surface area (Å²) in [6.07, 6.45) is 2.62. The van der Waals surface area contributed by atoms with Gasteiger partial charge in [0, 0.05) is 5.56 Å². The van der Waals surface area contributed by atoms with Crippen molar-refractivity contribution in [2.45, 2.75) is 33.2 Å². The van der Waals surface area contributed by atoms with Gasteiger partial charge in [-0.1, -0.05) is 18.6 Å². The monoisotopic (exact) mass is 301 g/mol. The first-order valence-electron chi connectivity index (χ1n) is 6.55. The van der Waals surface area contributed by atoms with E-state index in [0.717, 1.165) is 18.9 Å². The number of hydrogen-bond acceptors (Lipinski definition) is 1. The summed E-state index contributed by atoms with van der Waals surface area (Å²) in [6.45, 7) is 4.54. The van der Waals surface area contributed by atoms with Crippen LogP contribution < -0.4 is 5.32 Å². The fourth-order valence-electron chi connectivity index (χ4n) is 2.49. The molecule has 1 aliphatic carbocycles. The molecule has 0 heterocycles. The zero-order valence-electron chi connectivity index (χ0n) is 11.9. The Morgan fingerprint density at radius 3 is 2.05 bits per heavy atom. The van der Waals surface area contributed by atoms with Crippen LogP contribution in [0, 0.1) is 36.1 Å². The second-order valence-corrected chi connectivity index (χ2v) is 5.37. The fourth-order valence-corrected chi connectivity index (χ4v) is 2.49. The number of nitrogens with one attached hydrogen (secondary N) is 1. The van der Waals surface area contributed by atoms with Gasteiger partial charge in [0.15, 0.2) is 23.3 Å². The molecule has 0 aliphatic heterocycles. The topological polar surface area (TPSA) is 29.1 Å². The molecule has 0 bridgehead atoms. The lowest BCUT2D eigenvalue weighted by Crippen LogP contribution is -2.39. The normalized spacial score (nSPS) is 21.4. The average Bonchev–Trinajstić information content (AvgIpc) is 2.75. The first kappa shape index (κ1) is 15.5. The van der Waals surface area contributed by atoms with Crippen molar-refractivity contribution in [2.24, 2.45) is 5.92 Å². The summed E-state index contributed by atoms with van der Waals surface area (Å²) >= 11 is 0. The highest BCUT2D eigenvalue weighted by Gasteiger charge is 2.31. The predicted octanol–water partition coefficient (Wildman–Crippen LogP) is 3.64. The highest BCUT2D eigenvalue weighted by atomic mass is 19.2. The highest BCUT2D eigenvalue weighted by Crippen LogP contribution is 2.27. The van der Waals surface area contributed by atoms with Crippen LogP contribution in [0.3, 0.4) is 0 Å². The van der Waals surface area contributed by atoms with Gasteiger partial charge in [-0.05, 0) is 26.2 Å². The fraction of sp³-hybridized carbons (Fsp3) is 0.400. The minimum absolute atomic E-state index is 0.0558. The van der Waals surface area contributed by atoms with Crippen LogP contribution in [0.2, 0.25) is 0 Å². The van der Waals surface area contributed by atoms with Gasteiger partial charge in [-0.25, -0.2) is 17.6 Å². The maximum Gasteiger partial charge on any atom is 0.257 e. The number of rotatable bonds is 2. The lowest BCUT2D eigenvalue weighted by Gasteiger charge is -2.20. The number of amides is 1. The smallest absolute Gasteiger partial charge is 0.257 e. The van der Waals surface area contributed by atoms with E-state index >= 15 is 0 Å². The Hall–Kier alpha value is -1.85. The van der Waals surface area contributed by atoms with Crippen molar-refractivity contribution in [2.75, 3.05) is 0 Å².